The number of aryl methyl sites for hydroxylation is 1. The zero-order valence-electron chi connectivity index (χ0n) is 15.9. The van der Waals surface area contributed by atoms with Crippen molar-refractivity contribution in [2.45, 2.75) is 66.5 Å². The van der Waals surface area contributed by atoms with Crippen LogP contribution < -0.4 is 0 Å². The summed E-state index contributed by atoms with van der Waals surface area (Å²) >= 11 is 0. The van der Waals surface area contributed by atoms with E-state index >= 15 is 0 Å². The molecule has 2 rings (SSSR count). The molecule has 1 saturated carbocycles. The van der Waals surface area contributed by atoms with Crippen LogP contribution >= 0.6 is 0 Å². The molecule has 0 saturated heterocycles. The first-order valence-corrected chi connectivity index (χ1v) is 8.93. The molecule has 138 valence electrons. The Morgan fingerprint density at radius 1 is 1.20 bits per heavy atom. The molecule has 1 aromatic rings. The molecule has 1 aliphatic rings. The maximum Gasteiger partial charge on any atom is 0.355 e. The minimum absolute atomic E-state index is 0.000178. The summed E-state index contributed by atoms with van der Waals surface area (Å²) in [6.07, 6.45) is 1.88. The van der Waals surface area contributed by atoms with Crippen molar-refractivity contribution in [2.24, 2.45) is 5.92 Å². The molecule has 1 heterocycles. The lowest BCUT2D eigenvalue weighted by molar-refractivity contribution is -0.136. The van der Waals surface area contributed by atoms with Crippen molar-refractivity contribution in [1.29, 1.82) is 0 Å². The number of nitrogens with zero attached hydrogens (tertiary/aromatic N) is 1. The highest BCUT2D eigenvalue weighted by Gasteiger charge is 2.40. The quantitative estimate of drug-likeness (QED) is 0.607. The number of rotatable bonds is 7. The maximum absolute atomic E-state index is 13.1. The van der Waals surface area contributed by atoms with Crippen LogP contribution in [0, 0.1) is 19.8 Å². The van der Waals surface area contributed by atoms with E-state index in [0.717, 1.165) is 12.8 Å². The lowest BCUT2D eigenvalue weighted by Gasteiger charge is -2.30. The number of nitrogens with one attached hydrogen (secondary N) is 1. The molecule has 6 nitrogen and oxygen atoms in total. The molecule has 0 aromatic carbocycles. The Kier molecular flexibility index (Phi) is 5.70. The fourth-order valence-corrected chi connectivity index (χ4v) is 3.20. The number of amides is 1. The van der Waals surface area contributed by atoms with E-state index in [1.165, 1.54) is 0 Å². The second-order valence-electron chi connectivity index (χ2n) is 7.02. The van der Waals surface area contributed by atoms with Crippen molar-refractivity contribution in [3.63, 3.8) is 0 Å². The van der Waals surface area contributed by atoms with Gasteiger partial charge in [0.25, 0.3) is 0 Å². The third kappa shape index (κ3) is 3.78. The molecule has 1 unspecified atom stereocenters. The van der Waals surface area contributed by atoms with Gasteiger partial charge in [-0.25, -0.2) is 4.79 Å². The van der Waals surface area contributed by atoms with Gasteiger partial charge in [0.05, 0.1) is 12.6 Å². The molecule has 0 spiro atoms. The van der Waals surface area contributed by atoms with Gasteiger partial charge in [-0.2, -0.15) is 0 Å². The lowest BCUT2D eigenvalue weighted by atomic mass is 9.99. The van der Waals surface area contributed by atoms with Gasteiger partial charge in [-0.1, -0.05) is 13.8 Å². The first-order chi connectivity index (χ1) is 11.7. The van der Waals surface area contributed by atoms with Gasteiger partial charge in [0.1, 0.15) is 5.69 Å². The molecular weight excluding hydrogens is 320 g/mol. The number of H-pyrrole nitrogens is 1. The van der Waals surface area contributed by atoms with Crippen molar-refractivity contribution in [3.05, 3.63) is 22.5 Å². The van der Waals surface area contributed by atoms with Crippen LogP contribution in [-0.2, 0) is 9.53 Å². The summed E-state index contributed by atoms with van der Waals surface area (Å²) in [7, 11) is 0. The highest BCUT2D eigenvalue weighted by Crippen LogP contribution is 2.32. The van der Waals surface area contributed by atoms with E-state index in [2.05, 4.69) is 4.98 Å². The maximum atomic E-state index is 13.1. The topological polar surface area (TPSA) is 79.5 Å². The van der Waals surface area contributed by atoms with Crippen LogP contribution in [0.3, 0.4) is 0 Å². The molecule has 0 aliphatic heterocycles. The van der Waals surface area contributed by atoms with Crippen LogP contribution in [0.15, 0.2) is 0 Å². The van der Waals surface area contributed by atoms with Crippen LogP contribution in [0.1, 0.15) is 72.6 Å². The number of ketones is 1. The highest BCUT2D eigenvalue weighted by molar-refractivity contribution is 6.06. The van der Waals surface area contributed by atoms with Crippen molar-refractivity contribution in [2.75, 3.05) is 6.61 Å². The number of aromatic nitrogens is 1. The molecule has 6 heteroatoms. The SMILES string of the molecule is CCOC(=O)c1[nH]c(C)c(C(=O)C(C)N(C(=O)C(C)C)C2CC2)c1C. The lowest BCUT2D eigenvalue weighted by Crippen LogP contribution is -2.46. The fraction of sp³-hybridized carbons (Fsp3) is 0.632. The minimum atomic E-state index is -0.550. The van der Waals surface area contributed by atoms with Crippen LogP contribution in [-0.4, -0.2) is 46.2 Å². The third-order valence-electron chi connectivity index (χ3n) is 4.65. The number of hydrogen-bond donors (Lipinski definition) is 1. The molecule has 0 bridgehead atoms. The van der Waals surface area contributed by atoms with E-state index in [9.17, 15) is 14.4 Å². The summed E-state index contributed by atoms with van der Waals surface area (Å²) in [6.45, 7) is 11.0. The largest absolute Gasteiger partial charge is 0.461 e. The molecule has 1 fully saturated rings. The van der Waals surface area contributed by atoms with Gasteiger partial charge in [0, 0.05) is 23.2 Å². The van der Waals surface area contributed by atoms with E-state index in [1.807, 2.05) is 13.8 Å². The van der Waals surface area contributed by atoms with E-state index in [0.29, 0.717) is 22.5 Å². The number of carbonyl (C=O) groups excluding carboxylic acids is 3. The van der Waals surface area contributed by atoms with Crippen LogP contribution in [0.4, 0.5) is 0 Å². The second kappa shape index (κ2) is 7.42. The third-order valence-corrected chi connectivity index (χ3v) is 4.65. The van der Waals surface area contributed by atoms with Crippen LogP contribution in [0.2, 0.25) is 0 Å². The first kappa shape index (κ1) is 19.2. The first-order valence-electron chi connectivity index (χ1n) is 8.93. The van der Waals surface area contributed by atoms with Gasteiger partial charge in [-0.3, -0.25) is 9.59 Å². The van der Waals surface area contributed by atoms with Crippen molar-refractivity contribution in [1.82, 2.24) is 9.88 Å². The Bertz CT molecular complexity index is 686. The molecule has 0 radical (unpaired) electrons. The minimum Gasteiger partial charge on any atom is -0.461 e. The number of ether oxygens (including phenoxy) is 1. The Morgan fingerprint density at radius 3 is 2.28 bits per heavy atom. The molecule has 25 heavy (non-hydrogen) atoms. The molecular formula is C19H28N2O4. The predicted octanol–water partition coefficient (Wildman–Crippen LogP) is 3.03. The number of carbonyl (C=O) groups is 3. The summed E-state index contributed by atoms with van der Waals surface area (Å²) in [5.74, 6) is -0.756. The van der Waals surface area contributed by atoms with Crippen molar-refractivity contribution in [3.8, 4) is 0 Å². The van der Waals surface area contributed by atoms with Gasteiger partial charge in [0.2, 0.25) is 5.91 Å². The number of Topliss-reactive ketones (excluding diaryl/α,β-unsaturated/α-hetero) is 1. The summed E-state index contributed by atoms with van der Waals surface area (Å²) in [5, 5.41) is 0. The Morgan fingerprint density at radius 2 is 1.80 bits per heavy atom. The molecule has 1 N–H and O–H groups in total. The normalized spacial score (nSPS) is 15.2. The predicted molar refractivity (Wildman–Crippen MR) is 94.7 cm³/mol. The molecule has 1 atom stereocenters. The average molecular weight is 348 g/mol. The van der Waals surface area contributed by atoms with E-state index < -0.39 is 12.0 Å². The van der Waals surface area contributed by atoms with Gasteiger partial charge in [0.15, 0.2) is 5.78 Å². The zero-order chi connectivity index (χ0) is 18.9. The van der Waals surface area contributed by atoms with Gasteiger partial charge < -0.3 is 14.6 Å². The van der Waals surface area contributed by atoms with Crippen LogP contribution in [0.25, 0.3) is 0 Å². The summed E-state index contributed by atoms with van der Waals surface area (Å²) in [5.41, 5.74) is 2.01. The molecule has 1 amide bonds. The van der Waals surface area contributed by atoms with Gasteiger partial charge in [-0.15, -0.1) is 0 Å². The second-order valence-corrected chi connectivity index (χ2v) is 7.02. The monoisotopic (exact) mass is 348 g/mol. The van der Waals surface area contributed by atoms with E-state index in [4.69, 9.17) is 4.74 Å². The number of esters is 1. The number of aromatic amines is 1. The summed E-state index contributed by atoms with van der Waals surface area (Å²) in [4.78, 5) is 42.4. The summed E-state index contributed by atoms with van der Waals surface area (Å²) in [6, 6.07) is -0.399. The Hall–Kier alpha value is -2.11. The smallest absolute Gasteiger partial charge is 0.355 e. The Balaban J connectivity index is 2.33. The van der Waals surface area contributed by atoms with E-state index in [-0.39, 0.29) is 30.3 Å². The highest BCUT2D eigenvalue weighted by atomic mass is 16.5. The van der Waals surface area contributed by atoms with Crippen molar-refractivity contribution >= 4 is 17.7 Å². The Labute approximate surface area is 148 Å². The zero-order valence-corrected chi connectivity index (χ0v) is 15.9. The summed E-state index contributed by atoms with van der Waals surface area (Å²) < 4.78 is 5.04. The molecule has 1 aromatic heterocycles. The number of hydrogen-bond acceptors (Lipinski definition) is 4. The van der Waals surface area contributed by atoms with E-state index in [1.54, 1.807) is 32.6 Å². The standard InChI is InChI=1S/C19H28N2O4/c1-7-25-19(24)16-11(4)15(12(5)20-16)17(22)13(6)21(14-8-9-14)18(23)10(2)3/h10,13-14,20H,7-9H2,1-6H3. The average Bonchev–Trinajstić information content (AvgIpc) is 3.32. The van der Waals surface area contributed by atoms with Crippen LogP contribution in [0.5, 0.6) is 0 Å². The fourth-order valence-electron chi connectivity index (χ4n) is 3.20. The van der Waals surface area contributed by atoms with Gasteiger partial charge in [-0.05, 0) is 46.1 Å². The molecule has 1 aliphatic carbocycles. The van der Waals surface area contributed by atoms with Gasteiger partial charge >= 0.3 is 5.97 Å². The van der Waals surface area contributed by atoms with Crippen molar-refractivity contribution < 1.29 is 19.1 Å².